The third-order valence-electron chi connectivity index (χ3n) is 5.84. The van der Waals surface area contributed by atoms with Crippen molar-refractivity contribution in [1.29, 1.82) is 0 Å². The van der Waals surface area contributed by atoms with E-state index in [9.17, 15) is 5.11 Å². The van der Waals surface area contributed by atoms with E-state index in [2.05, 4.69) is 47.1 Å². The lowest BCUT2D eigenvalue weighted by Crippen LogP contribution is -2.43. The smallest absolute Gasteiger partial charge is 0.144 e. The zero-order valence-electron chi connectivity index (χ0n) is 14.9. The largest absolute Gasteiger partial charge is 0.391 e. The Balaban J connectivity index is 1.24. The summed E-state index contributed by atoms with van der Waals surface area (Å²) in [7, 11) is 0. The first-order valence-corrected chi connectivity index (χ1v) is 10.1. The number of anilines is 1. The van der Waals surface area contributed by atoms with Crippen LogP contribution in [0.15, 0.2) is 36.8 Å². The van der Waals surface area contributed by atoms with Crippen LogP contribution < -0.4 is 5.32 Å². The van der Waals surface area contributed by atoms with Crippen molar-refractivity contribution in [1.82, 2.24) is 23.6 Å². The van der Waals surface area contributed by atoms with Gasteiger partial charge < -0.3 is 10.4 Å². The van der Waals surface area contributed by atoms with E-state index in [-0.39, 0.29) is 12.1 Å². The number of nitrogens with one attached hydrogen (secondary N) is 1. The maximum atomic E-state index is 10.6. The first kappa shape index (κ1) is 17.0. The fourth-order valence-electron chi connectivity index (χ4n) is 4.56. The van der Waals surface area contributed by atoms with Gasteiger partial charge in [-0.3, -0.25) is 9.88 Å². The third kappa shape index (κ3) is 3.52. The van der Waals surface area contributed by atoms with Gasteiger partial charge in [0.25, 0.3) is 0 Å². The zero-order valence-corrected chi connectivity index (χ0v) is 15.7. The molecular formula is C19H22N6OS. The summed E-state index contributed by atoms with van der Waals surface area (Å²) >= 11 is 1.26. The van der Waals surface area contributed by atoms with Crippen LogP contribution in [0, 0.1) is 11.8 Å². The number of hydrogen-bond acceptors (Lipinski definition) is 8. The molecule has 1 aliphatic carbocycles. The topological polar surface area (TPSA) is 87.1 Å². The highest BCUT2D eigenvalue weighted by atomic mass is 32.1. The highest BCUT2D eigenvalue weighted by Gasteiger charge is 2.41. The normalized spacial score (nSPS) is 28.3. The Morgan fingerprint density at radius 2 is 1.96 bits per heavy atom. The Morgan fingerprint density at radius 1 is 1.11 bits per heavy atom. The summed E-state index contributed by atoms with van der Waals surface area (Å²) in [6.07, 6.45) is 6.51. The number of likely N-dealkylation sites (tertiary alicyclic amines) is 1. The average Bonchev–Trinajstić information content (AvgIpc) is 3.28. The van der Waals surface area contributed by atoms with Gasteiger partial charge in [0, 0.05) is 32.0 Å². The highest BCUT2D eigenvalue weighted by molar-refractivity contribution is 7.00. The molecule has 0 spiro atoms. The number of rotatable bonds is 4. The van der Waals surface area contributed by atoms with Gasteiger partial charge in [-0.05, 0) is 42.4 Å². The minimum absolute atomic E-state index is 0.0420. The number of benzene rings is 1. The molecule has 140 valence electrons. The third-order valence-corrected chi connectivity index (χ3v) is 6.39. The van der Waals surface area contributed by atoms with Gasteiger partial charge in [-0.2, -0.15) is 8.75 Å². The molecule has 1 saturated heterocycles. The molecule has 2 fully saturated rings. The van der Waals surface area contributed by atoms with Crippen LogP contribution in [-0.2, 0) is 6.54 Å². The SMILES string of the molecule is O[C@@H]1C[C@H]2CN(Cc3ccc4nsnc4c3)C[C@H]2C[C@H]1Nc1cnccn1. The van der Waals surface area contributed by atoms with Crippen molar-refractivity contribution in [3.05, 3.63) is 42.4 Å². The predicted molar refractivity (Wildman–Crippen MR) is 104 cm³/mol. The highest BCUT2D eigenvalue weighted by Crippen LogP contribution is 2.38. The van der Waals surface area contributed by atoms with Crippen LogP contribution in [0.2, 0.25) is 0 Å². The van der Waals surface area contributed by atoms with Crippen LogP contribution in [-0.4, -0.2) is 54.0 Å². The number of hydrogen-bond donors (Lipinski definition) is 2. The molecule has 0 bridgehead atoms. The molecule has 1 aromatic carbocycles. The van der Waals surface area contributed by atoms with Gasteiger partial charge in [-0.15, -0.1) is 0 Å². The van der Waals surface area contributed by atoms with Crippen molar-refractivity contribution in [3.63, 3.8) is 0 Å². The van der Waals surface area contributed by atoms with Crippen molar-refractivity contribution in [3.8, 4) is 0 Å². The van der Waals surface area contributed by atoms with Crippen LogP contribution in [0.1, 0.15) is 18.4 Å². The standard InChI is InChI=1S/C19H22N6OS/c26-18-7-14-11-25(9-12-1-2-15-16(5-12)24-27-23-15)10-13(14)6-17(18)22-19-8-20-3-4-21-19/h1-5,8,13-14,17-18,26H,6-7,9-11H2,(H,21,22)/t13-,14+,17-,18-/m1/s1. The summed E-state index contributed by atoms with van der Waals surface area (Å²) in [5, 5.41) is 14.0. The second-order valence-electron chi connectivity index (χ2n) is 7.68. The molecule has 3 heterocycles. The molecule has 2 aliphatic rings. The lowest BCUT2D eigenvalue weighted by atomic mass is 9.77. The number of aliphatic hydroxyl groups is 1. The summed E-state index contributed by atoms with van der Waals surface area (Å²) in [5.41, 5.74) is 3.24. The molecule has 4 atom stereocenters. The molecule has 3 aromatic rings. The Labute approximate surface area is 161 Å². The first-order chi connectivity index (χ1) is 13.2. The number of nitrogens with zero attached hydrogens (tertiary/aromatic N) is 5. The molecule has 27 heavy (non-hydrogen) atoms. The molecule has 2 N–H and O–H groups in total. The molecule has 0 unspecified atom stereocenters. The van der Waals surface area contributed by atoms with Crippen molar-refractivity contribution in [2.24, 2.45) is 11.8 Å². The molecule has 2 aromatic heterocycles. The van der Waals surface area contributed by atoms with E-state index in [1.807, 2.05) is 0 Å². The summed E-state index contributed by atoms with van der Waals surface area (Å²) in [6.45, 7) is 3.05. The van der Waals surface area contributed by atoms with Crippen LogP contribution >= 0.6 is 11.7 Å². The Morgan fingerprint density at radius 3 is 2.81 bits per heavy atom. The molecule has 0 amide bonds. The minimum atomic E-state index is -0.342. The average molecular weight is 382 g/mol. The fourth-order valence-corrected chi connectivity index (χ4v) is 5.08. The zero-order chi connectivity index (χ0) is 18.2. The molecule has 0 radical (unpaired) electrons. The van der Waals surface area contributed by atoms with Crippen LogP contribution in [0.4, 0.5) is 5.82 Å². The lowest BCUT2D eigenvalue weighted by molar-refractivity contribution is 0.0735. The van der Waals surface area contributed by atoms with Crippen LogP contribution in [0.3, 0.4) is 0 Å². The Bertz CT molecular complexity index is 919. The maximum Gasteiger partial charge on any atom is 0.144 e. The van der Waals surface area contributed by atoms with Gasteiger partial charge in [0.2, 0.25) is 0 Å². The van der Waals surface area contributed by atoms with E-state index < -0.39 is 0 Å². The minimum Gasteiger partial charge on any atom is -0.391 e. The predicted octanol–water partition coefficient (Wildman–Crippen LogP) is 2.16. The summed E-state index contributed by atoms with van der Waals surface area (Å²) < 4.78 is 8.62. The van der Waals surface area contributed by atoms with Gasteiger partial charge in [-0.25, -0.2) is 4.98 Å². The first-order valence-electron chi connectivity index (χ1n) is 9.39. The molecule has 8 heteroatoms. The van der Waals surface area contributed by atoms with Gasteiger partial charge in [0.1, 0.15) is 16.9 Å². The van der Waals surface area contributed by atoms with Gasteiger partial charge in [-0.1, -0.05) is 6.07 Å². The summed E-state index contributed by atoms with van der Waals surface area (Å²) in [4.78, 5) is 10.9. The second-order valence-corrected chi connectivity index (χ2v) is 8.21. The molecule has 1 aliphatic heterocycles. The number of aliphatic hydroxyl groups excluding tert-OH is 1. The second kappa shape index (κ2) is 7.10. The van der Waals surface area contributed by atoms with Gasteiger partial charge in [0.15, 0.2) is 0 Å². The lowest BCUT2D eigenvalue weighted by Gasteiger charge is -2.35. The van der Waals surface area contributed by atoms with E-state index in [4.69, 9.17) is 0 Å². The van der Waals surface area contributed by atoms with Gasteiger partial charge >= 0.3 is 0 Å². The van der Waals surface area contributed by atoms with Crippen molar-refractivity contribution >= 4 is 28.6 Å². The van der Waals surface area contributed by atoms with Crippen LogP contribution in [0.5, 0.6) is 0 Å². The fraction of sp³-hybridized carbons (Fsp3) is 0.474. The van der Waals surface area contributed by atoms with Crippen molar-refractivity contribution in [2.45, 2.75) is 31.5 Å². The van der Waals surface area contributed by atoms with Crippen LogP contribution in [0.25, 0.3) is 11.0 Å². The number of aromatic nitrogens is 4. The van der Waals surface area contributed by atoms with E-state index in [1.165, 1.54) is 17.3 Å². The van der Waals surface area contributed by atoms with Crippen molar-refractivity contribution < 1.29 is 5.11 Å². The molecule has 7 nitrogen and oxygen atoms in total. The van der Waals surface area contributed by atoms with Crippen molar-refractivity contribution in [2.75, 3.05) is 18.4 Å². The van der Waals surface area contributed by atoms with Gasteiger partial charge in [0.05, 0.1) is 30.1 Å². The maximum absolute atomic E-state index is 10.6. The monoisotopic (exact) mass is 382 g/mol. The Kier molecular flexibility index (Phi) is 4.47. The van der Waals surface area contributed by atoms with E-state index in [0.29, 0.717) is 11.8 Å². The summed E-state index contributed by atoms with van der Waals surface area (Å²) in [5.74, 6) is 1.90. The van der Waals surface area contributed by atoms with E-state index >= 15 is 0 Å². The number of fused-ring (bicyclic) bond motifs is 2. The molecule has 1 saturated carbocycles. The quantitative estimate of drug-likeness (QED) is 0.715. The van der Waals surface area contributed by atoms with E-state index in [1.54, 1.807) is 18.6 Å². The molecule has 5 rings (SSSR count). The molecular weight excluding hydrogens is 360 g/mol. The Hall–Kier alpha value is -2.16. The van der Waals surface area contributed by atoms with E-state index in [0.717, 1.165) is 49.3 Å². The summed E-state index contributed by atoms with van der Waals surface area (Å²) in [6, 6.07) is 6.40.